The van der Waals surface area contributed by atoms with E-state index in [1.54, 1.807) is 4.90 Å². The Balaban J connectivity index is 2.18. The fraction of sp³-hybridized carbons (Fsp3) is 0.909. The number of ether oxygens (including phenoxy) is 1. The van der Waals surface area contributed by atoms with Gasteiger partial charge in [0.25, 0.3) is 0 Å². The van der Waals surface area contributed by atoms with Crippen molar-refractivity contribution in [2.24, 2.45) is 5.73 Å². The van der Waals surface area contributed by atoms with Crippen LogP contribution in [-0.4, -0.2) is 62.3 Å². The van der Waals surface area contributed by atoms with E-state index in [0.717, 1.165) is 32.4 Å². The third-order valence-electron chi connectivity index (χ3n) is 2.81. The molecule has 16 heavy (non-hydrogen) atoms. The first-order valence-electron chi connectivity index (χ1n) is 6.03. The summed E-state index contributed by atoms with van der Waals surface area (Å²) >= 11 is 0. The highest BCUT2D eigenvalue weighted by Gasteiger charge is 2.19. The summed E-state index contributed by atoms with van der Waals surface area (Å²) in [5.74, 6) is 0. The van der Waals surface area contributed by atoms with Gasteiger partial charge in [0, 0.05) is 26.7 Å². The molecule has 0 saturated carbocycles. The first kappa shape index (κ1) is 13.3. The van der Waals surface area contributed by atoms with Crippen LogP contribution < -0.4 is 5.73 Å². The molecular weight excluding hydrogens is 206 g/mol. The minimum atomic E-state index is 0.121. The molecule has 5 heteroatoms. The molecule has 94 valence electrons. The molecule has 1 aliphatic rings. The smallest absolute Gasteiger partial charge is 0.319 e. The van der Waals surface area contributed by atoms with Crippen LogP contribution in [0.1, 0.15) is 19.3 Å². The fourth-order valence-corrected chi connectivity index (χ4v) is 1.76. The summed E-state index contributed by atoms with van der Waals surface area (Å²) in [7, 11) is 1.86. The van der Waals surface area contributed by atoms with Gasteiger partial charge >= 0.3 is 6.03 Å². The molecule has 0 unspecified atom stereocenters. The molecule has 0 spiro atoms. The minimum Gasteiger partial charge on any atom is -0.378 e. The van der Waals surface area contributed by atoms with E-state index in [2.05, 4.69) is 0 Å². The quantitative estimate of drug-likeness (QED) is 0.698. The van der Waals surface area contributed by atoms with Crippen LogP contribution in [0.15, 0.2) is 0 Å². The maximum atomic E-state index is 11.9. The fourth-order valence-electron chi connectivity index (χ4n) is 1.76. The van der Waals surface area contributed by atoms with E-state index in [-0.39, 0.29) is 6.03 Å². The molecule has 0 aliphatic carbocycles. The number of rotatable bonds is 5. The highest BCUT2D eigenvalue weighted by Crippen LogP contribution is 2.03. The topological polar surface area (TPSA) is 58.8 Å². The number of carbonyl (C=O) groups excluding carboxylic acids is 1. The van der Waals surface area contributed by atoms with Crippen molar-refractivity contribution in [2.45, 2.75) is 19.3 Å². The Morgan fingerprint density at radius 1 is 1.31 bits per heavy atom. The monoisotopic (exact) mass is 229 g/mol. The maximum absolute atomic E-state index is 11.9. The van der Waals surface area contributed by atoms with Crippen LogP contribution in [0.25, 0.3) is 0 Å². The van der Waals surface area contributed by atoms with Crippen molar-refractivity contribution >= 4 is 6.03 Å². The molecular formula is C11H23N3O2. The van der Waals surface area contributed by atoms with Crippen LogP contribution in [0.5, 0.6) is 0 Å². The van der Waals surface area contributed by atoms with Gasteiger partial charge in [-0.15, -0.1) is 0 Å². The van der Waals surface area contributed by atoms with E-state index in [0.29, 0.717) is 26.3 Å². The van der Waals surface area contributed by atoms with Crippen molar-refractivity contribution in [3.05, 3.63) is 0 Å². The molecule has 5 nitrogen and oxygen atoms in total. The molecule has 0 aromatic heterocycles. The van der Waals surface area contributed by atoms with Gasteiger partial charge < -0.3 is 20.3 Å². The zero-order valence-corrected chi connectivity index (χ0v) is 10.2. The van der Waals surface area contributed by atoms with Gasteiger partial charge in [-0.3, -0.25) is 0 Å². The van der Waals surface area contributed by atoms with Crippen LogP contribution in [0.3, 0.4) is 0 Å². The zero-order chi connectivity index (χ0) is 11.8. The largest absolute Gasteiger partial charge is 0.378 e. The lowest BCUT2D eigenvalue weighted by atomic mass is 10.2. The molecule has 2 amide bonds. The van der Waals surface area contributed by atoms with Crippen molar-refractivity contribution in [2.75, 3.05) is 46.4 Å². The van der Waals surface area contributed by atoms with Crippen LogP contribution in [-0.2, 0) is 4.74 Å². The lowest BCUT2D eigenvalue weighted by molar-refractivity contribution is 0.0452. The van der Waals surface area contributed by atoms with Crippen molar-refractivity contribution in [3.8, 4) is 0 Å². The molecule has 0 aromatic rings. The molecule has 1 fully saturated rings. The second-order valence-electron chi connectivity index (χ2n) is 4.15. The predicted octanol–water partition coefficient (Wildman–Crippen LogP) is 0.499. The van der Waals surface area contributed by atoms with E-state index < -0.39 is 0 Å². The number of nitrogens with two attached hydrogens (primary N) is 1. The molecule has 1 saturated heterocycles. The maximum Gasteiger partial charge on any atom is 0.319 e. The highest BCUT2D eigenvalue weighted by molar-refractivity contribution is 5.74. The van der Waals surface area contributed by atoms with Crippen LogP contribution >= 0.6 is 0 Å². The Kier molecular flexibility index (Phi) is 6.18. The second-order valence-corrected chi connectivity index (χ2v) is 4.15. The number of amides is 2. The number of nitrogens with zero attached hydrogens (tertiary/aromatic N) is 2. The Bertz CT molecular complexity index is 205. The number of hydrogen-bond acceptors (Lipinski definition) is 3. The summed E-state index contributed by atoms with van der Waals surface area (Å²) in [5.41, 5.74) is 5.42. The number of urea groups is 1. The molecule has 0 radical (unpaired) electrons. The minimum absolute atomic E-state index is 0.121. The third kappa shape index (κ3) is 4.37. The molecule has 1 rings (SSSR count). The molecule has 1 aliphatic heterocycles. The Labute approximate surface area is 97.5 Å². The Hall–Kier alpha value is -0.810. The van der Waals surface area contributed by atoms with Crippen molar-refractivity contribution in [3.63, 3.8) is 0 Å². The highest BCUT2D eigenvalue weighted by atomic mass is 16.5. The molecule has 0 aromatic carbocycles. The third-order valence-corrected chi connectivity index (χ3v) is 2.81. The van der Waals surface area contributed by atoms with E-state index in [9.17, 15) is 4.79 Å². The van der Waals surface area contributed by atoms with E-state index in [1.165, 1.54) is 0 Å². The van der Waals surface area contributed by atoms with Gasteiger partial charge in [-0.05, 0) is 19.4 Å². The normalized spacial score (nSPS) is 16.2. The standard InChI is InChI=1S/C11H23N3O2/c1-13(6-4-2-3-5-12)11(15)14-7-9-16-10-8-14/h2-10,12H2,1H3. The summed E-state index contributed by atoms with van der Waals surface area (Å²) in [6.45, 7) is 4.30. The molecule has 2 N–H and O–H groups in total. The summed E-state index contributed by atoms with van der Waals surface area (Å²) in [6, 6.07) is 0.121. The zero-order valence-electron chi connectivity index (χ0n) is 10.2. The van der Waals surface area contributed by atoms with Crippen LogP contribution in [0.2, 0.25) is 0 Å². The molecule has 1 heterocycles. The molecule has 0 atom stereocenters. The summed E-state index contributed by atoms with van der Waals surface area (Å²) < 4.78 is 5.22. The summed E-state index contributed by atoms with van der Waals surface area (Å²) in [4.78, 5) is 15.6. The number of carbonyl (C=O) groups is 1. The van der Waals surface area contributed by atoms with Gasteiger partial charge in [0.2, 0.25) is 0 Å². The van der Waals surface area contributed by atoms with E-state index in [4.69, 9.17) is 10.5 Å². The van der Waals surface area contributed by atoms with Gasteiger partial charge in [-0.25, -0.2) is 4.79 Å². The van der Waals surface area contributed by atoms with Crippen molar-refractivity contribution in [1.82, 2.24) is 9.80 Å². The Morgan fingerprint density at radius 2 is 2.00 bits per heavy atom. The average molecular weight is 229 g/mol. The van der Waals surface area contributed by atoms with Gasteiger partial charge in [0.1, 0.15) is 0 Å². The van der Waals surface area contributed by atoms with E-state index in [1.807, 2.05) is 11.9 Å². The number of hydrogen-bond donors (Lipinski definition) is 1. The van der Waals surface area contributed by atoms with Gasteiger partial charge in [0.15, 0.2) is 0 Å². The first-order chi connectivity index (χ1) is 7.75. The van der Waals surface area contributed by atoms with E-state index >= 15 is 0 Å². The van der Waals surface area contributed by atoms with Crippen molar-refractivity contribution in [1.29, 1.82) is 0 Å². The average Bonchev–Trinajstić information content (AvgIpc) is 2.34. The SMILES string of the molecule is CN(CCCCCN)C(=O)N1CCOCC1. The van der Waals surface area contributed by atoms with Gasteiger partial charge in [0.05, 0.1) is 13.2 Å². The van der Waals surface area contributed by atoms with Gasteiger partial charge in [-0.1, -0.05) is 6.42 Å². The van der Waals surface area contributed by atoms with Crippen LogP contribution in [0, 0.1) is 0 Å². The van der Waals surface area contributed by atoms with Crippen LogP contribution in [0.4, 0.5) is 4.79 Å². The summed E-state index contributed by atoms with van der Waals surface area (Å²) in [6.07, 6.45) is 3.17. The lowest BCUT2D eigenvalue weighted by Crippen LogP contribution is -2.47. The summed E-state index contributed by atoms with van der Waals surface area (Å²) in [5, 5.41) is 0. The first-order valence-corrected chi connectivity index (χ1v) is 6.03. The Morgan fingerprint density at radius 3 is 2.62 bits per heavy atom. The number of morpholine rings is 1. The van der Waals surface area contributed by atoms with Gasteiger partial charge in [-0.2, -0.15) is 0 Å². The molecule has 0 bridgehead atoms. The predicted molar refractivity (Wildman–Crippen MR) is 63.3 cm³/mol. The van der Waals surface area contributed by atoms with Crippen molar-refractivity contribution < 1.29 is 9.53 Å². The second kappa shape index (κ2) is 7.46. The lowest BCUT2D eigenvalue weighted by Gasteiger charge is -2.31. The number of unbranched alkanes of at least 4 members (excludes halogenated alkanes) is 2.